The first-order valence-electron chi connectivity index (χ1n) is 8.97. The van der Waals surface area contributed by atoms with E-state index in [-0.39, 0.29) is 5.56 Å². The molecular formula is C21H25N3O. The number of hydrogen-bond acceptors (Lipinski definition) is 3. The number of rotatable bonds is 8. The summed E-state index contributed by atoms with van der Waals surface area (Å²) in [6.07, 6.45) is 3.98. The Morgan fingerprint density at radius 2 is 1.72 bits per heavy atom. The van der Waals surface area contributed by atoms with Gasteiger partial charge in [0.05, 0.1) is 10.9 Å². The van der Waals surface area contributed by atoms with Gasteiger partial charge in [0.1, 0.15) is 5.82 Å². The average molecular weight is 335 g/mol. The molecule has 0 unspecified atom stereocenters. The second kappa shape index (κ2) is 8.58. The topological polar surface area (TPSA) is 57.8 Å². The molecule has 0 bridgehead atoms. The zero-order valence-electron chi connectivity index (χ0n) is 14.7. The number of aromatic nitrogens is 2. The van der Waals surface area contributed by atoms with Gasteiger partial charge in [0.15, 0.2) is 0 Å². The fourth-order valence-electron chi connectivity index (χ4n) is 3.04. The largest absolute Gasteiger partial charge is 0.317 e. The summed E-state index contributed by atoms with van der Waals surface area (Å²) in [6.45, 7) is 3.94. The van der Waals surface area contributed by atoms with Crippen LogP contribution in [0.3, 0.4) is 0 Å². The van der Waals surface area contributed by atoms with Crippen molar-refractivity contribution in [1.82, 2.24) is 15.3 Å². The molecule has 0 aliphatic carbocycles. The van der Waals surface area contributed by atoms with Crippen LogP contribution in [0.2, 0.25) is 0 Å². The van der Waals surface area contributed by atoms with Crippen LogP contribution in [0.4, 0.5) is 0 Å². The minimum Gasteiger partial charge on any atom is -0.317 e. The van der Waals surface area contributed by atoms with Crippen LogP contribution in [0.25, 0.3) is 10.9 Å². The third-order valence-electron chi connectivity index (χ3n) is 4.42. The molecule has 3 rings (SSSR count). The van der Waals surface area contributed by atoms with Crippen molar-refractivity contribution in [3.05, 3.63) is 75.8 Å². The predicted molar refractivity (Wildman–Crippen MR) is 103 cm³/mol. The first-order valence-corrected chi connectivity index (χ1v) is 8.97. The summed E-state index contributed by atoms with van der Waals surface area (Å²) in [5.74, 6) is 0.776. The van der Waals surface area contributed by atoms with Crippen molar-refractivity contribution < 1.29 is 0 Å². The Hall–Kier alpha value is -2.46. The third-order valence-corrected chi connectivity index (χ3v) is 4.42. The van der Waals surface area contributed by atoms with Gasteiger partial charge in [-0.1, -0.05) is 42.5 Å². The normalized spacial score (nSPS) is 11.1. The SMILES string of the molecule is Cc1cccc2c(=O)[nH]c(CCCNCCCc3ccccc3)nc12. The molecule has 4 nitrogen and oxygen atoms in total. The molecule has 130 valence electrons. The molecule has 0 saturated carbocycles. The van der Waals surface area contributed by atoms with Crippen molar-refractivity contribution in [3.63, 3.8) is 0 Å². The number of nitrogens with zero attached hydrogens (tertiary/aromatic N) is 1. The highest BCUT2D eigenvalue weighted by Gasteiger charge is 2.05. The van der Waals surface area contributed by atoms with Crippen molar-refractivity contribution in [1.29, 1.82) is 0 Å². The first-order chi connectivity index (χ1) is 12.2. The van der Waals surface area contributed by atoms with Crippen LogP contribution < -0.4 is 10.9 Å². The maximum Gasteiger partial charge on any atom is 0.258 e. The first kappa shape index (κ1) is 17.4. The number of benzene rings is 2. The lowest BCUT2D eigenvalue weighted by molar-refractivity contribution is 0.615. The second-order valence-corrected chi connectivity index (χ2v) is 6.43. The molecule has 0 amide bonds. The molecule has 0 atom stereocenters. The molecule has 0 radical (unpaired) electrons. The highest BCUT2D eigenvalue weighted by atomic mass is 16.1. The third kappa shape index (κ3) is 4.77. The molecule has 1 aromatic heterocycles. The van der Waals surface area contributed by atoms with Gasteiger partial charge in [-0.05, 0) is 56.5 Å². The average Bonchev–Trinajstić information content (AvgIpc) is 2.63. The molecule has 2 aromatic carbocycles. The Balaban J connectivity index is 1.43. The summed E-state index contributed by atoms with van der Waals surface area (Å²) in [6, 6.07) is 16.3. The Labute approximate surface area is 148 Å². The van der Waals surface area contributed by atoms with Gasteiger partial charge in [0, 0.05) is 6.42 Å². The van der Waals surface area contributed by atoms with E-state index in [4.69, 9.17) is 0 Å². The summed E-state index contributed by atoms with van der Waals surface area (Å²) in [5.41, 5.74) is 3.21. The number of fused-ring (bicyclic) bond motifs is 1. The van der Waals surface area contributed by atoms with Crippen LogP contribution in [-0.2, 0) is 12.8 Å². The van der Waals surface area contributed by atoms with E-state index in [1.165, 1.54) is 5.56 Å². The molecule has 0 aliphatic heterocycles. The van der Waals surface area contributed by atoms with Gasteiger partial charge in [0.2, 0.25) is 0 Å². The zero-order valence-corrected chi connectivity index (χ0v) is 14.7. The van der Waals surface area contributed by atoms with Gasteiger partial charge in [-0.2, -0.15) is 0 Å². The van der Waals surface area contributed by atoms with E-state index in [1.54, 1.807) is 0 Å². The lowest BCUT2D eigenvalue weighted by Crippen LogP contribution is -2.19. The van der Waals surface area contributed by atoms with Crippen molar-refractivity contribution >= 4 is 10.9 Å². The molecular weight excluding hydrogens is 310 g/mol. The van der Waals surface area contributed by atoms with E-state index in [1.807, 2.05) is 25.1 Å². The van der Waals surface area contributed by atoms with Crippen molar-refractivity contribution in [3.8, 4) is 0 Å². The number of aryl methyl sites for hydroxylation is 3. The molecule has 0 fully saturated rings. The van der Waals surface area contributed by atoms with Gasteiger partial charge < -0.3 is 10.3 Å². The van der Waals surface area contributed by atoms with Crippen LogP contribution in [0.5, 0.6) is 0 Å². The van der Waals surface area contributed by atoms with Gasteiger partial charge in [-0.25, -0.2) is 4.98 Å². The predicted octanol–water partition coefficient (Wildman–Crippen LogP) is 3.39. The molecule has 1 heterocycles. The summed E-state index contributed by atoms with van der Waals surface area (Å²) in [7, 11) is 0. The van der Waals surface area contributed by atoms with Crippen molar-refractivity contribution in [2.45, 2.75) is 32.6 Å². The lowest BCUT2D eigenvalue weighted by atomic mass is 10.1. The lowest BCUT2D eigenvalue weighted by Gasteiger charge is -2.06. The van der Waals surface area contributed by atoms with Crippen LogP contribution >= 0.6 is 0 Å². The number of aromatic amines is 1. The molecule has 3 aromatic rings. The highest BCUT2D eigenvalue weighted by molar-refractivity contribution is 5.80. The van der Waals surface area contributed by atoms with E-state index >= 15 is 0 Å². The van der Waals surface area contributed by atoms with Crippen molar-refractivity contribution in [2.75, 3.05) is 13.1 Å². The maximum absolute atomic E-state index is 12.1. The second-order valence-electron chi connectivity index (χ2n) is 6.43. The minimum absolute atomic E-state index is 0.0421. The molecule has 0 saturated heterocycles. The highest BCUT2D eigenvalue weighted by Crippen LogP contribution is 2.12. The number of hydrogen-bond donors (Lipinski definition) is 2. The van der Waals surface area contributed by atoms with E-state index in [9.17, 15) is 4.79 Å². The fraction of sp³-hybridized carbons (Fsp3) is 0.333. The summed E-state index contributed by atoms with van der Waals surface area (Å²) in [4.78, 5) is 19.7. The summed E-state index contributed by atoms with van der Waals surface area (Å²) in [5, 5.41) is 4.14. The van der Waals surface area contributed by atoms with Crippen LogP contribution in [0.15, 0.2) is 53.3 Å². The number of para-hydroxylation sites is 1. The molecule has 0 aliphatic rings. The number of H-pyrrole nitrogens is 1. The van der Waals surface area contributed by atoms with Gasteiger partial charge in [0.25, 0.3) is 5.56 Å². The molecule has 25 heavy (non-hydrogen) atoms. The molecule has 4 heteroatoms. The van der Waals surface area contributed by atoms with E-state index in [0.717, 1.165) is 55.7 Å². The zero-order chi connectivity index (χ0) is 17.5. The van der Waals surface area contributed by atoms with Crippen LogP contribution in [0, 0.1) is 6.92 Å². The van der Waals surface area contributed by atoms with E-state index < -0.39 is 0 Å². The minimum atomic E-state index is -0.0421. The van der Waals surface area contributed by atoms with Gasteiger partial charge >= 0.3 is 0 Å². The quantitative estimate of drug-likeness (QED) is 0.621. The smallest absolute Gasteiger partial charge is 0.258 e. The van der Waals surface area contributed by atoms with E-state index in [0.29, 0.717) is 5.39 Å². The Kier molecular flexibility index (Phi) is 5.96. The number of nitrogens with one attached hydrogen (secondary N) is 2. The fourth-order valence-corrected chi connectivity index (χ4v) is 3.04. The summed E-state index contributed by atoms with van der Waals surface area (Å²) >= 11 is 0. The van der Waals surface area contributed by atoms with Crippen LogP contribution in [0.1, 0.15) is 29.8 Å². The molecule has 0 spiro atoms. The Bertz CT molecular complexity index is 871. The van der Waals surface area contributed by atoms with Crippen molar-refractivity contribution in [2.24, 2.45) is 0 Å². The monoisotopic (exact) mass is 335 g/mol. The van der Waals surface area contributed by atoms with Crippen LogP contribution in [-0.4, -0.2) is 23.1 Å². The summed E-state index contributed by atoms with van der Waals surface area (Å²) < 4.78 is 0. The Morgan fingerprint density at radius 1 is 0.960 bits per heavy atom. The van der Waals surface area contributed by atoms with Gasteiger partial charge in [-0.3, -0.25) is 4.79 Å². The molecule has 2 N–H and O–H groups in total. The van der Waals surface area contributed by atoms with E-state index in [2.05, 4.69) is 45.6 Å². The maximum atomic E-state index is 12.1. The van der Waals surface area contributed by atoms with Gasteiger partial charge in [-0.15, -0.1) is 0 Å². The standard InChI is InChI=1S/C21H25N3O/c1-16-8-5-12-18-20(16)23-19(24-21(18)25)13-7-15-22-14-6-11-17-9-3-2-4-10-17/h2-5,8-10,12,22H,6-7,11,13-15H2,1H3,(H,23,24,25). The Morgan fingerprint density at radius 3 is 2.52 bits per heavy atom.